The maximum atomic E-state index is 11.9. The molecule has 1 aromatic heterocycles. The second-order valence-corrected chi connectivity index (χ2v) is 5.99. The van der Waals surface area contributed by atoms with Crippen LogP contribution in [0.3, 0.4) is 0 Å². The maximum Gasteiger partial charge on any atom is 0.347 e. The lowest BCUT2D eigenvalue weighted by Gasteiger charge is -2.22. The molecule has 1 fully saturated rings. The van der Waals surface area contributed by atoms with Crippen molar-refractivity contribution in [1.82, 2.24) is 10.3 Å². The molecule has 1 aromatic rings. The number of amides is 1. The van der Waals surface area contributed by atoms with Gasteiger partial charge in [-0.25, -0.2) is 9.78 Å². The van der Waals surface area contributed by atoms with Gasteiger partial charge in [0, 0.05) is 6.04 Å². The summed E-state index contributed by atoms with van der Waals surface area (Å²) in [5.74, 6) is -1.04. The van der Waals surface area contributed by atoms with Gasteiger partial charge >= 0.3 is 5.97 Å². The van der Waals surface area contributed by atoms with E-state index < -0.39 is 5.97 Å². The molecule has 1 heterocycles. The first-order valence-corrected chi connectivity index (χ1v) is 7.37. The molecule has 6 heteroatoms. The number of aryl methyl sites for hydroxylation is 1. The molecule has 0 aromatic carbocycles. The zero-order valence-corrected chi connectivity index (χ0v) is 11.8. The minimum atomic E-state index is -0.978. The molecule has 1 amide bonds. The number of rotatable bonds is 4. The first-order chi connectivity index (χ1) is 9.06. The summed E-state index contributed by atoms with van der Waals surface area (Å²) in [6.07, 6.45) is 5.86. The van der Waals surface area contributed by atoms with Gasteiger partial charge in [-0.05, 0) is 19.8 Å². The number of aromatic carboxylic acids is 1. The Kier molecular flexibility index (Phi) is 4.52. The minimum Gasteiger partial charge on any atom is -0.477 e. The highest BCUT2D eigenvalue weighted by atomic mass is 32.1. The molecule has 19 heavy (non-hydrogen) atoms. The Balaban J connectivity index is 1.91. The van der Waals surface area contributed by atoms with E-state index in [1.165, 1.54) is 19.3 Å². The van der Waals surface area contributed by atoms with E-state index in [0.717, 1.165) is 24.2 Å². The zero-order chi connectivity index (χ0) is 13.8. The number of hydrogen-bond acceptors (Lipinski definition) is 4. The summed E-state index contributed by atoms with van der Waals surface area (Å²) >= 11 is 1.09. The molecule has 0 spiro atoms. The molecule has 0 aliphatic heterocycles. The monoisotopic (exact) mass is 282 g/mol. The van der Waals surface area contributed by atoms with Crippen LogP contribution >= 0.6 is 11.3 Å². The van der Waals surface area contributed by atoms with Crippen molar-refractivity contribution in [3.05, 3.63) is 15.6 Å². The van der Waals surface area contributed by atoms with Crippen molar-refractivity contribution >= 4 is 23.2 Å². The van der Waals surface area contributed by atoms with Gasteiger partial charge in [-0.2, -0.15) is 0 Å². The van der Waals surface area contributed by atoms with Gasteiger partial charge in [0.25, 0.3) is 0 Å². The maximum absolute atomic E-state index is 11.9. The van der Waals surface area contributed by atoms with Crippen LogP contribution in [0.15, 0.2) is 0 Å². The summed E-state index contributed by atoms with van der Waals surface area (Å²) < 4.78 is 0. The van der Waals surface area contributed by atoms with Gasteiger partial charge in [-0.1, -0.05) is 19.3 Å². The SMILES string of the molecule is Cc1nc(CC(=O)NC2CCCCC2)sc1C(=O)O. The van der Waals surface area contributed by atoms with Crippen LogP contribution < -0.4 is 5.32 Å². The Morgan fingerprint density at radius 1 is 1.37 bits per heavy atom. The summed E-state index contributed by atoms with van der Waals surface area (Å²) in [5, 5.41) is 12.5. The number of carbonyl (C=O) groups excluding carboxylic acids is 1. The first-order valence-electron chi connectivity index (χ1n) is 6.55. The number of nitrogens with zero attached hydrogens (tertiary/aromatic N) is 1. The Labute approximate surface area is 116 Å². The van der Waals surface area contributed by atoms with E-state index in [0.29, 0.717) is 10.7 Å². The van der Waals surface area contributed by atoms with Gasteiger partial charge < -0.3 is 10.4 Å². The molecular formula is C13H18N2O3S. The topological polar surface area (TPSA) is 79.3 Å². The molecule has 1 aliphatic rings. The molecule has 0 unspecified atom stereocenters. The largest absolute Gasteiger partial charge is 0.477 e. The van der Waals surface area contributed by atoms with Gasteiger partial charge in [0.15, 0.2) is 0 Å². The number of aromatic nitrogens is 1. The second kappa shape index (κ2) is 6.14. The van der Waals surface area contributed by atoms with Crippen molar-refractivity contribution in [2.75, 3.05) is 0 Å². The molecule has 1 aliphatic carbocycles. The molecule has 5 nitrogen and oxygen atoms in total. The fourth-order valence-electron chi connectivity index (χ4n) is 2.39. The molecule has 0 saturated heterocycles. The predicted molar refractivity (Wildman–Crippen MR) is 72.5 cm³/mol. The van der Waals surface area contributed by atoms with Gasteiger partial charge in [-0.15, -0.1) is 11.3 Å². The third-order valence-corrected chi connectivity index (χ3v) is 4.46. The molecule has 0 atom stereocenters. The second-order valence-electron chi connectivity index (χ2n) is 4.91. The number of carboxylic acid groups (broad SMARTS) is 1. The Hall–Kier alpha value is -1.43. The summed E-state index contributed by atoms with van der Waals surface area (Å²) in [4.78, 5) is 27.2. The highest BCUT2D eigenvalue weighted by Crippen LogP contribution is 2.20. The molecule has 104 valence electrons. The standard InChI is InChI=1S/C13H18N2O3S/c1-8-12(13(17)18)19-11(14-8)7-10(16)15-9-5-3-2-4-6-9/h9H,2-7H2,1H3,(H,15,16)(H,17,18). The number of carbonyl (C=O) groups is 2. The van der Waals surface area contributed by atoms with Crippen molar-refractivity contribution < 1.29 is 14.7 Å². The zero-order valence-electron chi connectivity index (χ0n) is 10.9. The number of carboxylic acids is 1. The van der Waals surface area contributed by atoms with Gasteiger partial charge in [-0.3, -0.25) is 4.79 Å². The molecule has 2 rings (SSSR count). The normalized spacial score (nSPS) is 16.3. The van der Waals surface area contributed by atoms with E-state index in [-0.39, 0.29) is 23.2 Å². The van der Waals surface area contributed by atoms with E-state index in [1.807, 2.05) is 0 Å². The summed E-state index contributed by atoms with van der Waals surface area (Å²) in [5.41, 5.74) is 0.484. The van der Waals surface area contributed by atoms with Crippen LogP contribution in [0.25, 0.3) is 0 Å². The number of nitrogens with one attached hydrogen (secondary N) is 1. The third kappa shape index (κ3) is 3.76. The minimum absolute atomic E-state index is 0.0578. The molecule has 0 bridgehead atoms. The molecular weight excluding hydrogens is 264 g/mol. The highest BCUT2D eigenvalue weighted by molar-refractivity contribution is 7.13. The Morgan fingerprint density at radius 2 is 2.05 bits per heavy atom. The van der Waals surface area contributed by atoms with Crippen LogP contribution in [-0.4, -0.2) is 28.0 Å². The van der Waals surface area contributed by atoms with E-state index in [1.54, 1.807) is 6.92 Å². The van der Waals surface area contributed by atoms with Crippen LogP contribution in [0.2, 0.25) is 0 Å². The lowest BCUT2D eigenvalue weighted by atomic mass is 9.95. The van der Waals surface area contributed by atoms with Crippen LogP contribution in [0.1, 0.15) is 52.5 Å². The van der Waals surface area contributed by atoms with Crippen molar-refractivity contribution in [3.8, 4) is 0 Å². The van der Waals surface area contributed by atoms with Gasteiger partial charge in [0.2, 0.25) is 5.91 Å². The lowest BCUT2D eigenvalue weighted by Crippen LogP contribution is -2.37. The van der Waals surface area contributed by atoms with E-state index in [9.17, 15) is 9.59 Å². The van der Waals surface area contributed by atoms with Crippen LogP contribution in [0, 0.1) is 6.92 Å². The third-order valence-electron chi connectivity index (χ3n) is 3.32. The quantitative estimate of drug-likeness (QED) is 0.886. The number of hydrogen-bond donors (Lipinski definition) is 2. The van der Waals surface area contributed by atoms with Gasteiger partial charge in [0.1, 0.15) is 9.88 Å². The lowest BCUT2D eigenvalue weighted by molar-refractivity contribution is -0.121. The highest BCUT2D eigenvalue weighted by Gasteiger charge is 2.19. The van der Waals surface area contributed by atoms with Crippen LogP contribution in [0.5, 0.6) is 0 Å². The summed E-state index contributed by atoms with van der Waals surface area (Å²) in [6, 6.07) is 0.279. The predicted octanol–water partition coefficient (Wildman–Crippen LogP) is 2.14. The summed E-state index contributed by atoms with van der Waals surface area (Å²) in [6.45, 7) is 1.66. The fourth-order valence-corrected chi connectivity index (χ4v) is 3.29. The molecule has 1 saturated carbocycles. The van der Waals surface area contributed by atoms with E-state index in [2.05, 4.69) is 10.3 Å². The number of thiazole rings is 1. The van der Waals surface area contributed by atoms with E-state index >= 15 is 0 Å². The van der Waals surface area contributed by atoms with Gasteiger partial charge in [0.05, 0.1) is 12.1 Å². The molecule has 0 radical (unpaired) electrons. The van der Waals surface area contributed by atoms with Crippen molar-refractivity contribution in [2.24, 2.45) is 0 Å². The average Bonchev–Trinajstić information content (AvgIpc) is 2.71. The Morgan fingerprint density at radius 3 is 2.63 bits per heavy atom. The van der Waals surface area contributed by atoms with E-state index in [4.69, 9.17) is 5.11 Å². The van der Waals surface area contributed by atoms with Crippen molar-refractivity contribution in [1.29, 1.82) is 0 Å². The van der Waals surface area contributed by atoms with Crippen molar-refractivity contribution in [3.63, 3.8) is 0 Å². The Bertz CT molecular complexity index is 478. The summed E-state index contributed by atoms with van der Waals surface area (Å²) in [7, 11) is 0. The smallest absolute Gasteiger partial charge is 0.347 e. The van der Waals surface area contributed by atoms with Crippen molar-refractivity contribution in [2.45, 2.75) is 51.5 Å². The van der Waals surface area contributed by atoms with Crippen LogP contribution in [0.4, 0.5) is 0 Å². The first kappa shape index (κ1) is 14.0. The fraction of sp³-hybridized carbons (Fsp3) is 0.615. The van der Waals surface area contributed by atoms with Crippen LogP contribution in [-0.2, 0) is 11.2 Å². The average molecular weight is 282 g/mol. The molecule has 2 N–H and O–H groups in total.